The Kier molecular flexibility index (Phi) is 3.88. The maximum atomic E-state index is 11.5. The minimum atomic E-state index is -0.0157. The first kappa shape index (κ1) is 11.8. The first-order valence-corrected chi connectivity index (χ1v) is 4.57. The number of halogens is 1. The van der Waals surface area contributed by atoms with Crippen molar-refractivity contribution in [2.45, 2.75) is 6.54 Å². The third-order valence-electron chi connectivity index (χ3n) is 2.20. The topological polar surface area (TPSA) is 44.9 Å². The molecule has 0 fully saturated rings. The van der Waals surface area contributed by atoms with Crippen LogP contribution in [0.4, 0.5) is 0 Å². The van der Waals surface area contributed by atoms with Gasteiger partial charge in [-0.3, -0.25) is 4.79 Å². The highest BCUT2D eigenvalue weighted by molar-refractivity contribution is 5.85. The molecule has 80 valence electrons. The number of hydrogen-bond donors (Lipinski definition) is 2. The van der Waals surface area contributed by atoms with Crippen molar-refractivity contribution in [2.24, 2.45) is 0 Å². The number of aromatic nitrogens is 1. The van der Waals surface area contributed by atoms with Crippen LogP contribution < -0.4 is 10.9 Å². The van der Waals surface area contributed by atoms with Gasteiger partial charge in [-0.1, -0.05) is 18.2 Å². The molecule has 0 saturated heterocycles. The van der Waals surface area contributed by atoms with Crippen LogP contribution >= 0.6 is 12.4 Å². The average Bonchev–Trinajstić information content (AvgIpc) is 2.19. The summed E-state index contributed by atoms with van der Waals surface area (Å²) in [6, 6.07) is 9.69. The van der Waals surface area contributed by atoms with Crippen molar-refractivity contribution < 1.29 is 0 Å². The van der Waals surface area contributed by atoms with Crippen molar-refractivity contribution in [1.82, 2.24) is 10.3 Å². The van der Waals surface area contributed by atoms with Gasteiger partial charge >= 0.3 is 0 Å². The number of rotatable bonds is 2. The largest absolute Gasteiger partial charge is 0.322 e. The van der Waals surface area contributed by atoms with Crippen molar-refractivity contribution in [3.63, 3.8) is 0 Å². The van der Waals surface area contributed by atoms with Crippen molar-refractivity contribution >= 4 is 23.3 Å². The summed E-state index contributed by atoms with van der Waals surface area (Å²) in [5, 5.41) is 4.04. The molecule has 0 unspecified atom stereocenters. The normalized spacial score (nSPS) is 9.93. The second kappa shape index (κ2) is 4.96. The number of pyridine rings is 1. The van der Waals surface area contributed by atoms with Crippen molar-refractivity contribution in [2.75, 3.05) is 7.05 Å². The van der Waals surface area contributed by atoms with Crippen LogP contribution in [-0.2, 0) is 6.54 Å². The highest BCUT2D eigenvalue weighted by Crippen LogP contribution is 2.09. The van der Waals surface area contributed by atoms with Crippen LogP contribution in [0.15, 0.2) is 35.1 Å². The van der Waals surface area contributed by atoms with Crippen LogP contribution in [0.25, 0.3) is 10.9 Å². The van der Waals surface area contributed by atoms with E-state index in [1.807, 2.05) is 37.4 Å². The molecule has 0 atom stereocenters. The summed E-state index contributed by atoms with van der Waals surface area (Å²) in [5.74, 6) is 0. The molecule has 0 saturated carbocycles. The zero-order valence-electron chi connectivity index (χ0n) is 8.41. The molecule has 0 aliphatic rings. The lowest BCUT2D eigenvalue weighted by atomic mass is 10.1. The number of H-pyrrole nitrogens is 1. The van der Waals surface area contributed by atoms with Crippen LogP contribution in [0.2, 0.25) is 0 Å². The van der Waals surface area contributed by atoms with Crippen molar-refractivity contribution in [3.05, 3.63) is 46.2 Å². The number of fused-ring (bicyclic) bond motifs is 1. The third-order valence-corrected chi connectivity index (χ3v) is 2.20. The fourth-order valence-electron chi connectivity index (χ4n) is 1.51. The molecule has 0 aliphatic heterocycles. The van der Waals surface area contributed by atoms with E-state index in [1.165, 1.54) is 0 Å². The molecule has 1 aromatic carbocycles. The SMILES string of the molecule is CNCc1cc2ccccc2[nH]c1=O.Cl. The molecule has 0 spiro atoms. The van der Waals surface area contributed by atoms with Crippen LogP contribution in [0, 0.1) is 0 Å². The van der Waals surface area contributed by atoms with Gasteiger partial charge in [0.05, 0.1) is 0 Å². The summed E-state index contributed by atoms with van der Waals surface area (Å²) < 4.78 is 0. The van der Waals surface area contributed by atoms with E-state index in [0.29, 0.717) is 6.54 Å². The van der Waals surface area contributed by atoms with Crippen molar-refractivity contribution in [1.29, 1.82) is 0 Å². The second-order valence-corrected chi connectivity index (χ2v) is 3.24. The molecule has 15 heavy (non-hydrogen) atoms. The highest BCUT2D eigenvalue weighted by Gasteiger charge is 2.00. The van der Waals surface area contributed by atoms with Crippen LogP contribution in [0.5, 0.6) is 0 Å². The Morgan fingerprint density at radius 1 is 1.33 bits per heavy atom. The van der Waals surface area contributed by atoms with Gasteiger partial charge in [-0.2, -0.15) is 0 Å². The van der Waals surface area contributed by atoms with E-state index in [-0.39, 0.29) is 18.0 Å². The molecular weight excluding hydrogens is 212 g/mol. The lowest BCUT2D eigenvalue weighted by Crippen LogP contribution is -2.17. The minimum Gasteiger partial charge on any atom is -0.322 e. The van der Waals surface area contributed by atoms with Gasteiger partial charge in [0.15, 0.2) is 0 Å². The standard InChI is InChI=1S/C11H12N2O.ClH/c1-12-7-9-6-8-4-2-3-5-10(8)13-11(9)14;/h2-6,12H,7H2,1H3,(H,13,14);1H. The van der Waals surface area contributed by atoms with Crippen LogP contribution in [0.3, 0.4) is 0 Å². The van der Waals surface area contributed by atoms with Crippen LogP contribution in [-0.4, -0.2) is 12.0 Å². The zero-order chi connectivity index (χ0) is 9.97. The van der Waals surface area contributed by atoms with Gasteiger partial charge in [0.25, 0.3) is 5.56 Å². The molecule has 0 radical (unpaired) electrons. The van der Waals surface area contributed by atoms with Crippen LogP contribution in [0.1, 0.15) is 5.56 Å². The Bertz CT molecular complexity index is 507. The summed E-state index contributed by atoms with van der Waals surface area (Å²) in [4.78, 5) is 14.4. The van der Waals surface area contributed by atoms with Gasteiger partial charge in [-0.05, 0) is 24.6 Å². The molecule has 0 aliphatic carbocycles. The number of para-hydroxylation sites is 1. The number of nitrogens with one attached hydrogen (secondary N) is 2. The average molecular weight is 225 g/mol. The summed E-state index contributed by atoms with van der Waals surface area (Å²) in [6.45, 7) is 0.597. The van der Waals surface area contributed by atoms with Gasteiger partial charge in [0.1, 0.15) is 0 Å². The molecule has 0 bridgehead atoms. The van der Waals surface area contributed by atoms with E-state index in [4.69, 9.17) is 0 Å². The van der Waals surface area contributed by atoms with Gasteiger partial charge in [-0.15, -0.1) is 12.4 Å². The van der Waals surface area contributed by atoms with Gasteiger partial charge < -0.3 is 10.3 Å². The maximum absolute atomic E-state index is 11.5. The molecule has 1 heterocycles. The first-order valence-electron chi connectivity index (χ1n) is 4.57. The fourth-order valence-corrected chi connectivity index (χ4v) is 1.51. The lowest BCUT2D eigenvalue weighted by Gasteiger charge is -2.01. The fraction of sp³-hybridized carbons (Fsp3) is 0.182. The second-order valence-electron chi connectivity index (χ2n) is 3.24. The van der Waals surface area contributed by atoms with Gasteiger partial charge in [0.2, 0.25) is 0 Å². The zero-order valence-corrected chi connectivity index (χ0v) is 9.23. The molecule has 0 amide bonds. The molecular formula is C11H13ClN2O. The van der Waals surface area contributed by atoms with E-state index < -0.39 is 0 Å². The highest BCUT2D eigenvalue weighted by atomic mass is 35.5. The van der Waals surface area contributed by atoms with E-state index in [2.05, 4.69) is 10.3 Å². The number of aromatic amines is 1. The number of hydrogen-bond acceptors (Lipinski definition) is 2. The Labute approximate surface area is 93.9 Å². The predicted octanol–water partition coefficient (Wildman–Crippen LogP) is 1.67. The summed E-state index contributed by atoms with van der Waals surface area (Å²) in [6.07, 6.45) is 0. The van der Waals surface area contributed by atoms with Crippen molar-refractivity contribution in [3.8, 4) is 0 Å². The first-order chi connectivity index (χ1) is 6.81. The van der Waals surface area contributed by atoms with E-state index >= 15 is 0 Å². The number of benzene rings is 1. The monoisotopic (exact) mass is 224 g/mol. The van der Waals surface area contributed by atoms with E-state index in [9.17, 15) is 4.79 Å². The summed E-state index contributed by atoms with van der Waals surface area (Å²) in [7, 11) is 1.83. The third kappa shape index (κ3) is 2.37. The summed E-state index contributed by atoms with van der Waals surface area (Å²) >= 11 is 0. The smallest absolute Gasteiger partial charge is 0.252 e. The molecule has 3 nitrogen and oxygen atoms in total. The quantitative estimate of drug-likeness (QED) is 0.815. The maximum Gasteiger partial charge on any atom is 0.252 e. The Hall–Kier alpha value is -1.32. The Morgan fingerprint density at radius 2 is 2.07 bits per heavy atom. The predicted molar refractivity (Wildman–Crippen MR) is 64.6 cm³/mol. The van der Waals surface area contributed by atoms with E-state index in [1.54, 1.807) is 0 Å². The lowest BCUT2D eigenvalue weighted by molar-refractivity contribution is 0.808. The molecule has 2 N–H and O–H groups in total. The Balaban J connectivity index is 0.00000112. The Morgan fingerprint density at radius 3 is 2.80 bits per heavy atom. The van der Waals surface area contributed by atoms with Gasteiger partial charge in [0, 0.05) is 17.6 Å². The summed E-state index contributed by atoms with van der Waals surface area (Å²) in [5.41, 5.74) is 1.64. The molecule has 2 aromatic rings. The minimum absolute atomic E-state index is 0. The van der Waals surface area contributed by atoms with E-state index in [0.717, 1.165) is 16.5 Å². The molecule has 1 aromatic heterocycles. The molecule has 4 heteroatoms. The molecule has 2 rings (SSSR count). The van der Waals surface area contributed by atoms with Gasteiger partial charge in [-0.25, -0.2) is 0 Å².